The normalized spacial score (nSPS) is 9.00. The van der Waals surface area contributed by atoms with Crippen LogP contribution in [0.1, 0.15) is 20.8 Å². The molecule has 16 heavy (non-hydrogen) atoms. The van der Waals surface area contributed by atoms with Gasteiger partial charge < -0.3 is 4.74 Å². The van der Waals surface area contributed by atoms with Crippen molar-refractivity contribution in [2.45, 2.75) is 20.8 Å². The first-order chi connectivity index (χ1) is 6.77. The van der Waals surface area contributed by atoms with Crippen LogP contribution in [0, 0.1) is 5.92 Å². The quantitative estimate of drug-likeness (QED) is 0.392. The fourth-order valence-corrected chi connectivity index (χ4v) is 0.954. The molecule has 0 aromatic carbocycles. The van der Waals surface area contributed by atoms with Crippen LogP contribution < -0.4 is 0 Å². The van der Waals surface area contributed by atoms with E-state index in [1.54, 1.807) is 0 Å². The number of Topliss-reactive ketones (excluding diaryl/α,β-unsaturated/α-hetero) is 3. The van der Waals surface area contributed by atoms with Crippen molar-refractivity contribution in [3.8, 4) is 0 Å². The maximum Gasteiger partial charge on any atom is 0.383 e. The van der Waals surface area contributed by atoms with Crippen molar-refractivity contribution in [2.75, 3.05) is 0 Å². The predicted molar refractivity (Wildman–Crippen MR) is 46.6 cm³/mol. The summed E-state index contributed by atoms with van der Waals surface area (Å²) in [5, 5.41) is 0. The molecule has 0 bridgehead atoms. The fraction of sp³-hybridized carbons (Fsp3) is 0.444. The number of rotatable bonds is 4. The van der Waals surface area contributed by atoms with Gasteiger partial charge in [0.1, 0.15) is 17.5 Å². The summed E-state index contributed by atoms with van der Waals surface area (Å²) < 4.78 is 3.96. The number of ketones is 3. The molecule has 6 nitrogen and oxygen atoms in total. The van der Waals surface area contributed by atoms with Gasteiger partial charge in [-0.3, -0.25) is 19.2 Å². The van der Waals surface area contributed by atoms with E-state index in [9.17, 15) is 24.0 Å². The Morgan fingerprint density at radius 1 is 0.875 bits per heavy atom. The third-order valence-electron chi connectivity index (χ3n) is 1.51. The molecule has 0 N–H and O–H groups in total. The summed E-state index contributed by atoms with van der Waals surface area (Å²) in [6.07, 6.45) is 0. The molecule has 0 spiro atoms. The topological polar surface area (TPSA) is 94.6 Å². The molecule has 0 saturated carbocycles. The monoisotopic (exact) mass is 303 g/mol. The van der Waals surface area contributed by atoms with Crippen LogP contribution in [0.15, 0.2) is 0 Å². The van der Waals surface area contributed by atoms with Crippen molar-refractivity contribution in [2.24, 2.45) is 5.92 Å². The molecular formula is C9H10O6Y. The molecule has 0 atom stereocenters. The molecule has 0 aromatic rings. The summed E-state index contributed by atoms with van der Waals surface area (Å²) in [6, 6.07) is 0. The van der Waals surface area contributed by atoms with Gasteiger partial charge in [0, 0.05) is 39.6 Å². The van der Waals surface area contributed by atoms with Gasteiger partial charge in [-0.15, -0.1) is 0 Å². The molecule has 0 saturated heterocycles. The number of esters is 2. The molecule has 0 aromatic heterocycles. The largest absolute Gasteiger partial charge is 0.387 e. The van der Waals surface area contributed by atoms with E-state index in [4.69, 9.17) is 0 Å². The second kappa shape index (κ2) is 7.51. The first kappa shape index (κ1) is 17.6. The molecule has 0 unspecified atom stereocenters. The van der Waals surface area contributed by atoms with Crippen molar-refractivity contribution in [3.63, 3.8) is 0 Å². The van der Waals surface area contributed by atoms with Gasteiger partial charge in [-0.1, -0.05) is 0 Å². The van der Waals surface area contributed by atoms with E-state index in [1.807, 2.05) is 0 Å². The minimum absolute atomic E-state index is 0. The van der Waals surface area contributed by atoms with Crippen molar-refractivity contribution >= 4 is 29.3 Å². The summed E-state index contributed by atoms with van der Waals surface area (Å²) in [7, 11) is 0. The molecule has 0 fully saturated rings. The molecule has 0 aliphatic carbocycles. The second-order valence-corrected chi connectivity index (χ2v) is 2.90. The Bertz CT molecular complexity index is 332. The number of carbonyl (C=O) groups excluding carboxylic acids is 5. The Balaban J connectivity index is 0. The van der Waals surface area contributed by atoms with Gasteiger partial charge in [-0.2, -0.15) is 0 Å². The minimum Gasteiger partial charge on any atom is -0.387 e. The van der Waals surface area contributed by atoms with E-state index in [-0.39, 0.29) is 32.7 Å². The predicted octanol–water partition coefficient (Wildman–Crippen LogP) is -0.563. The van der Waals surface area contributed by atoms with E-state index in [0.29, 0.717) is 0 Å². The van der Waals surface area contributed by atoms with Crippen LogP contribution in [0.25, 0.3) is 0 Å². The zero-order chi connectivity index (χ0) is 12.2. The van der Waals surface area contributed by atoms with Crippen LogP contribution in [0.5, 0.6) is 0 Å². The third kappa shape index (κ3) is 5.37. The molecule has 0 aliphatic heterocycles. The molecule has 0 heterocycles. The molecule has 85 valence electrons. The maximum absolute atomic E-state index is 11.2. The average molecular weight is 303 g/mol. The van der Waals surface area contributed by atoms with Gasteiger partial charge in [-0.05, 0) is 13.8 Å². The minimum atomic E-state index is -1.67. The number of hydrogen-bond acceptors (Lipinski definition) is 6. The Morgan fingerprint density at radius 3 is 1.50 bits per heavy atom. The first-order valence-corrected chi connectivity index (χ1v) is 4.04. The van der Waals surface area contributed by atoms with Crippen LogP contribution in [-0.4, -0.2) is 29.3 Å². The van der Waals surface area contributed by atoms with Crippen LogP contribution in [0.2, 0.25) is 0 Å². The summed E-state index contributed by atoms with van der Waals surface area (Å²) in [5.74, 6) is -6.96. The summed E-state index contributed by atoms with van der Waals surface area (Å²) in [4.78, 5) is 54.2. The van der Waals surface area contributed by atoms with Crippen molar-refractivity contribution in [3.05, 3.63) is 0 Å². The summed E-state index contributed by atoms with van der Waals surface area (Å²) in [5.41, 5.74) is 0. The van der Waals surface area contributed by atoms with Crippen LogP contribution in [0.3, 0.4) is 0 Å². The number of carbonyl (C=O) groups is 5. The smallest absolute Gasteiger partial charge is 0.383 e. The Morgan fingerprint density at radius 2 is 1.25 bits per heavy atom. The summed E-state index contributed by atoms with van der Waals surface area (Å²) >= 11 is 0. The molecule has 0 rings (SSSR count). The van der Waals surface area contributed by atoms with Crippen LogP contribution in [0.4, 0.5) is 0 Å². The van der Waals surface area contributed by atoms with E-state index in [2.05, 4.69) is 4.74 Å². The molecular weight excluding hydrogens is 293 g/mol. The van der Waals surface area contributed by atoms with Crippen molar-refractivity contribution in [1.82, 2.24) is 0 Å². The van der Waals surface area contributed by atoms with Gasteiger partial charge in [0.2, 0.25) is 0 Å². The van der Waals surface area contributed by atoms with Gasteiger partial charge in [-0.25, -0.2) is 4.79 Å². The van der Waals surface area contributed by atoms with Gasteiger partial charge in [0.15, 0.2) is 0 Å². The number of hydrogen-bond donors (Lipinski definition) is 0. The fourth-order valence-electron chi connectivity index (χ4n) is 0.954. The van der Waals surface area contributed by atoms with Crippen molar-refractivity contribution < 1.29 is 61.4 Å². The zero-order valence-corrected chi connectivity index (χ0v) is 11.9. The van der Waals surface area contributed by atoms with Crippen LogP contribution >= 0.6 is 0 Å². The van der Waals surface area contributed by atoms with E-state index in [0.717, 1.165) is 20.8 Å². The van der Waals surface area contributed by atoms with Gasteiger partial charge in [0.05, 0.1) is 0 Å². The number of ether oxygens (including phenoxy) is 1. The Labute approximate surface area is 117 Å². The zero-order valence-electron chi connectivity index (χ0n) is 9.10. The molecule has 1 radical (unpaired) electrons. The molecule has 0 amide bonds. The molecule has 0 aliphatic rings. The maximum atomic E-state index is 11.2. The Hall–Kier alpha value is -0.746. The first-order valence-electron chi connectivity index (χ1n) is 4.04. The Kier molecular flexibility index (Phi) is 8.29. The van der Waals surface area contributed by atoms with Crippen LogP contribution in [-0.2, 0) is 61.4 Å². The van der Waals surface area contributed by atoms with E-state index < -0.39 is 35.2 Å². The van der Waals surface area contributed by atoms with E-state index in [1.165, 1.54) is 0 Å². The second-order valence-electron chi connectivity index (χ2n) is 2.90. The summed E-state index contributed by atoms with van der Waals surface area (Å²) in [6.45, 7) is 2.94. The third-order valence-corrected chi connectivity index (χ3v) is 1.51. The molecule has 7 heteroatoms. The van der Waals surface area contributed by atoms with E-state index >= 15 is 0 Å². The van der Waals surface area contributed by atoms with Gasteiger partial charge in [0.25, 0.3) is 5.78 Å². The van der Waals surface area contributed by atoms with Crippen molar-refractivity contribution in [1.29, 1.82) is 0 Å². The standard InChI is InChI=1S/C9H10O6.Y/c1-4(10)7(5(2)11)8(13)9(14)15-6(3)12;/h7H,1-3H3;. The SMILES string of the molecule is CC(=O)OC(=O)C(=O)C(C(C)=O)C(C)=O.[Y]. The van der Waals surface area contributed by atoms with Gasteiger partial charge >= 0.3 is 11.9 Å². The average Bonchev–Trinajstić information content (AvgIpc) is 2.00.